The van der Waals surface area contributed by atoms with Gasteiger partial charge in [0.15, 0.2) is 0 Å². The fourth-order valence-electron chi connectivity index (χ4n) is 0. The first-order valence-electron chi connectivity index (χ1n) is 0.289. The molecule has 0 heterocycles. The maximum Gasteiger partial charge on any atom is 0.106 e. The van der Waals surface area contributed by atoms with E-state index in [9.17, 15) is 0 Å². The second kappa shape index (κ2) is 39.6. The molecular formula is CH2OZn2. The van der Waals surface area contributed by atoms with Gasteiger partial charge in [0.1, 0.15) is 6.79 Å². The molecular weight excluding hydrogens is 159 g/mol. The minimum atomic E-state index is 0. The molecule has 0 rings (SSSR count). The van der Waals surface area contributed by atoms with Crippen molar-refractivity contribution < 1.29 is 43.8 Å². The monoisotopic (exact) mass is 158 g/mol. The van der Waals surface area contributed by atoms with Gasteiger partial charge in [-0.05, 0) is 0 Å². The van der Waals surface area contributed by atoms with Crippen LogP contribution in [-0.2, 0) is 43.8 Å². The van der Waals surface area contributed by atoms with Crippen LogP contribution in [0.2, 0.25) is 0 Å². The number of carbonyl (C=O) groups is 1. The number of rotatable bonds is 0. The summed E-state index contributed by atoms with van der Waals surface area (Å²) in [6.45, 7) is 2.00. The van der Waals surface area contributed by atoms with Crippen molar-refractivity contribution in [1.29, 1.82) is 0 Å². The van der Waals surface area contributed by atoms with Crippen molar-refractivity contribution in [3.8, 4) is 0 Å². The van der Waals surface area contributed by atoms with Crippen LogP contribution >= 0.6 is 0 Å². The Kier molecular flexibility index (Phi) is 203. The van der Waals surface area contributed by atoms with Gasteiger partial charge in [-0.3, -0.25) is 0 Å². The molecule has 0 spiro atoms. The summed E-state index contributed by atoms with van der Waals surface area (Å²) in [5.41, 5.74) is 0. The van der Waals surface area contributed by atoms with E-state index < -0.39 is 0 Å². The van der Waals surface area contributed by atoms with E-state index in [1.807, 2.05) is 6.79 Å². The zero-order chi connectivity index (χ0) is 2.00. The molecule has 0 radical (unpaired) electrons. The van der Waals surface area contributed by atoms with Crippen LogP contribution in [0, 0.1) is 0 Å². The van der Waals surface area contributed by atoms with Gasteiger partial charge in [-0.15, -0.1) is 0 Å². The van der Waals surface area contributed by atoms with Crippen molar-refractivity contribution in [3.63, 3.8) is 0 Å². The molecule has 0 saturated carbocycles. The third-order valence-corrected chi connectivity index (χ3v) is 0. The van der Waals surface area contributed by atoms with E-state index in [-0.39, 0.29) is 39.0 Å². The average molecular weight is 161 g/mol. The fraction of sp³-hybridized carbons (Fsp3) is 0. The Bertz CT molecular complexity index is 6.00. The molecule has 0 aliphatic heterocycles. The van der Waals surface area contributed by atoms with Crippen molar-refractivity contribution in [2.75, 3.05) is 0 Å². The SMILES string of the molecule is C=O.[Zn].[Zn]. The predicted octanol–water partition coefficient (Wildman–Crippen LogP) is -0.190. The minimum absolute atomic E-state index is 0. The van der Waals surface area contributed by atoms with Gasteiger partial charge in [0.2, 0.25) is 0 Å². The molecule has 0 aliphatic carbocycles. The van der Waals surface area contributed by atoms with Crippen molar-refractivity contribution in [2.45, 2.75) is 0 Å². The zero-order valence-corrected chi connectivity index (χ0v) is 8.46. The summed E-state index contributed by atoms with van der Waals surface area (Å²) in [6, 6.07) is 0. The van der Waals surface area contributed by atoms with E-state index in [0.29, 0.717) is 0 Å². The van der Waals surface area contributed by atoms with E-state index >= 15 is 0 Å². The van der Waals surface area contributed by atoms with Crippen molar-refractivity contribution in [2.24, 2.45) is 0 Å². The van der Waals surface area contributed by atoms with Gasteiger partial charge in [0.05, 0.1) is 0 Å². The van der Waals surface area contributed by atoms with E-state index in [1.54, 1.807) is 0 Å². The van der Waals surface area contributed by atoms with Crippen LogP contribution in [-0.4, -0.2) is 6.79 Å². The quantitative estimate of drug-likeness (QED) is 0.450. The Morgan fingerprint density at radius 2 is 1.00 bits per heavy atom. The van der Waals surface area contributed by atoms with Crippen LogP contribution in [0.5, 0.6) is 0 Å². The molecule has 0 unspecified atom stereocenters. The molecule has 0 fully saturated rings. The van der Waals surface area contributed by atoms with Gasteiger partial charge in [0.25, 0.3) is 0 Å². The Morgan fingerprint density at radius 1 is 1.00 bits per heavy atom. The van der Waals surface area contributed by atoms with E-state index in [0.717, 1.165) is 0 Å². The van der Waals surface area contributed by atoms with Gasteiger partial charge in [-0.25, -0.2) is 0 Å². The predicted molar refractivity (Wildman–Crippen MR) is 7.12 cm³/mol. The maximum atomic E-state index is 8.00. The van der Waals surface area contributed by atoms with Crippen LogP contribution in [0.15, 0.2) is 0 Å². The Morgan fingerprint density at radius 3 is 1.00 bits per heavy atom. The number of hydrogen-bond donors (Lipinski definition) is 0. The van der Waals surface area contributed by atoms with Gasteiger partial charge < -0.3 is 4.79 Å². The number of hydrogen-bond acceptors (Lipinski definition) is 1. The molecule has 4 heavy (non-hydrogen) atoms. The third-order valence-electron chi connectivity index (χ3n) is 0. The summed E-state index contributed by atoms with van der Waals surface area (Å²) >= 11 is 0. The van der Waals surface area contributed by atoms with Gasteiger partial charge in [-0.1, -0.05) is 0 Å². The molecule has 16 valence electrons. The van der Waals surface area contributed by atoms with Crippen molar-refractivity contribution in [1.82, 2.24) is 0 Å². The second-order valence-corrected chi connectivity index (χ2v) is 0. The Labute approximate surface area is 50.7 Å². The van der Waals surface area contributed by atoms with Crippen molar-refractivity contribution >= 4 is 6.79 Å². The molecule has 3 heteroatoms. The average Bonchev–Trinajstić information content (AvgIpc) is 1.00. The maximum absolute atomic E-state index is 8.00. The molecule has 0 aliphatic rings. The first-order valence-corrected chi connectivity index (χ1v) is 0.289. The summed E-state index contributed by atoms with van der Waals surface area (Å²) in [5, 5.41) is 0. The first kappa shape index (κ1) is 20.5. The summed E-state index contributed by atoms with van der Waals surface area (Å²) < 4.78 is 0. The second-order valence-electron chi connectivity index (χ2n) is 0. The fourth-order valence-corrected chi connectivity index (χ4v) is 0. The van der Waals surface area contributed by atoms with Crippen LogP contribution in [0.25, 0.3) is 0 Å². The summed E-state index contributed by atoms with van der Waals surface area (Å²) in [6.07, 6.45) is 0. The standard InChI is InChI=1S/CH2O.2Zn/c1-2;;/h1H2;;. The van der Waals surface area contributed by atoms with E-state index in [2.05, 4.69) is 0 Å². The summed E-state index contributed by atoms with van der Waals surface area (Å²) in [5.74, 6) is 0. The molecule has 0 saturated heterocycles. The smallest absolute Gasteiger partial charge is 0.106 e. The molecule has 0 bridgehead atoms. The topological polar surface area (TPSA) is 17.1 Å². The van der Waals surface area contributed by atoms with Gasteiger partial charge in [0, 0.05) is 39.0 Å². The van der Waals surface area contributed by atoms with Gasteiger partial charge in [-0.2, -0.15) is 0 Å². The van der Waals surface area contributed by atoms with Crippen LogP contribution in [0.1, 0.15) is 0 Å². The van der Waals surface area contributed by atoms with Crippen LogP contribution in [0.3, 0.4) is 0 Å². The molecule has 0 aromatic heterocycles. The van der Waals surface area contributed by atoms with Crippen LogP contribution in [0.4, 0.5) is 0 Å². The molecule has 0 amide bonds. The third kappa shape index (κ3) is 12.8. The Hall–Kier alpha value is 0.917. The minimum Gasteiger partial charge on any atom is -0.307 e. The summed E-state index contributed by atoms with van der Waals surface area (Å²) in [4.78, 5) is 8.00. The Balaban J connectivity index is -0.00000000500. The summed E-state index contributed by atoms with van der Waals surface area (Å²) in [7, 11) is 0. The molecule has 0 N–H and O–H groups in total. The molecule has 0 atom stereocenters. The molecule has 0 aromatic carbocycles. The van der Waals surface area contributed by atoms with E-state index in [1.165, 1.54) is 0 Å². The van der Waals surface area contributed by atoms with Crippen molar-refractivity contribution in [3.05, 3.63) is 0 Å². The first-order chi connectivity index (χ1) is 1.00. The van der Waals surface area contributed by atoms with E-state index in [4.69, 9.17) is 4.79 Å². The molecule has 1 nitrogen and oxygen atoms in total. The largest absolute Gasteiger partial charge is 0.307 e. The number of carbonyl (C=O) groups excluding carboxylic acids is 1. The normalized spacial score (nSPS) is 1.00. The zero-order valence-electron chi connectivity index (χ0n) is 2.53. The van der Waals surface area contributed by atoms with Crippen LogP contribution < -0.4 is 0 Å². The van der Waals surface area contributed by atoms with Gasteiger partial charge >= 0.3 is 0 Å². The molecule has 0 aromatic rings.